The molecule has 0 aliphatic carbocycles. The van der Waals surface area contributed by atoms with Crippen LogP contribution in [0.1, 0.15) is 32.6 Å². The molecule has 26 heavy (non-hydrogen) atoms. The molecule has 0 radical (unpaired) electrons. The van der Waals surface area contributed by atoms with Crippen LogP contribution in [0, 0.1) is 10.1 Å². The molecule has 148 valence electrons. The van der Waals surface area contributed by atoms with Gasteiger partial charge in [0.2, 0.25) is 10.0 Å². The summed E-state index contributed by atoms with van der Waals surface area (Å²) in [6, 6.07) is 4.13. The maximum absolute atomic E-state index is 12.7. The van der Waals surface area contributed by atoms with Gasteiger partial charge in [0.1, 0.15) is 6.10 Å². The van der Waals surface area contributed by atoms with Gasteiger partial charge in [-0.15, -0.1) is 0 Å². The number of nitrogens with zero attached hydrogens (tertiary/aromatic N) is 1. The zero-order chi connectivity index (χ0) is 19.7. The van der Waals surface area contributed by atoms with Crippen LogP contribution >= 0.6 is 0 Å². The zero-order valence-corrected chi connectivity index (χ0v) is 15.9. The molecule has 0 amide bonds. The van der Waals surface area contributed by atoms with Crippen LogP contribution in [0.5, 0.6) is 0 Å². The van der Waals surface area contributed by atoms with E-state index >= 15 is 0 Å². The standard InChI is InChI=1S/C16H26N2O7S/c1-4-5-6-9-12(15(19)16(24-2)25-3)17-26(22,23)14-11-8-7-10-13(14)18(20)21/h7-8,10-12,15-17,19H,4-6,9H2,1-3H3/t12-,15+/m1/s1. The lowest BCUT2D eigenvalue weighted by atomic mass is 10.0. The van der Waals surface area contributed by atoms with Crippen molar-refractivity contribution in [2.45, 2.75) is 55.9 Å². The Labute approximate surface area is 153 Å². The van der Waals surface area contributed by atoms with Gasteiger partial charge >= 0.3 is 0 Å². The number of unbranched alkanes of at least 4 members (excludes halogenated alkanes) is 2. The Kier molecular flexibility index (Phi) is 9.09. The van der Waals surface area contributed by atoms with Crippen LogP contribution in [-0.2, 0) is 19.5 Å². The fraction of sp³-hybridized carbons (Fsp3) is 0.625. The van der Waals surface area contributed by atoms with Crippen molar-refractivity contribution in [1.29, 1.82) is 0 Å². The molecular weight excluding hydrogens is 364 g/mol. The van der Waals surface area contributed by atoms with E-state index in [1.807, 2.05) is 6.92 Å². The maximum Gasteiger partial charge on any atom is 0.289 e. The van der Waals surface area contributed by atoms with Crippen molar-refractivity contribution in [3.63, 3.8) is 0 Å². The highest BCUT2D eigenvalue weighted by molar-refractivity contribution is 7.89. The van der Waals surface area contributed by atoms with E-state index in [1.165, 1.54) is 26.4 Å². The summed E-state index contributed by atoms with van der Waals surface area (Å²) in [5.41, 5.74) is -0.531. The van der Waals surface area contributed by atoms with Gasteiger partial charge in [-0.2, -0.15) is 0 Å². The third-order valence-corrected chi connectivity index (χ3v) is 5.47. The number of methoxy groups -OCH3 is 2. The summed E-state index contributed by atoms with van der Waals surface area (Å²) in [6.45, 7) is 2.00. The molecule has 0 fully saturated rings. The summed E-state index contributed by atoms with van der Waals surface area (Å²) < 4.78 is 37.8. The Morgan fingerprint density at radius 2 is 1.85 bits per heavy atom. The second-order valence-corrected chi connectivity index (χ2v) is 7.46. The first kappa shape index (κ1) is 22.5. The Hall–Kier alpha value is -1.59. The second-order valence-electron chi connectivity index (χ2n) is 5.78. The molecule has 1 aromatic rings. The molecular formula is C16H26N2O7S. The lowest BCUT2D eigenvalue weighted by Crippen LogP contribution is -2.49. The van der Waals surface area contributed by atoms with Crippen LogP contribution in [0.3, 0.4) is 0 Å². The summed E-state index contributed by atoms with van der Waals surface area (Å²) in [7, 11) is -1.57. The van der Waals surface area contributed by atoms with Gasteiger partial charge in [-0.05, 0) is 12.5 Å². The van der Waals surface area contributed by atoms with E-state index in [4.69, 9.17) is 9.47 Å². The van der Waals surface area contributed by atoms with Gasteiger partial charge in [-0.25, -0.2) is 13.1 Å². The van der Waals surface area contributed by atoms with Crippen molar-refractivity contribution in [1.82, 2.24) is 4.72 Å². The number of hydrogen-bond donors (Lipinski definition) is 2. The second kappa shape index (κ2) is 10.5. The third kappa shape index (κ3) is 5.99. The van der Waals surface area contributed by atoms with Gasteiger partial charge in [0.05, 0.1) is 11.0 Å². The molecule has 0 saturated heterocycles. The number of rotatable bonds is 12. The number of aliphatic hydroxyl groups excluding tert-OH is 1. The molecule has 0 spiro atoms. The molecule has 0 aromatic heterocycles. The average molecular weight is 390 g/mol. The molecule has 2 atom stereocenters. The number of nitro benzene ring substituents is 1. The number of sulfonamides is 1. The van der Waals surface area contributed by atoms with E-state index in [2.05, 4.69) is 4.72 Å². The first-order valence-corrected chi connectivity index (χ1v) is 9.76. The minimum absolute atomic E-state index is 0.331. The van der Waals surface area contributed by atoms with Gasteiger partial charge in [-0.3, -0.25) is 10.1 Å². The summed E-state index contributed by atoms with van der Waals surface area (Å²) in [5, 5.41) is 21.6. The molecule has 0 bridgehead atoms. The minimum atomic E-state index is -4.23. The van der Waals surface area contributed by atoms with Gasteiger partial charge < -0.3 is 14.6 Å². The predicted molar refractivity (Wildman–Crippen MR) is 95.2 cm³/mol. The molecule has 0 heterocycles. The monoisotopic (exact) mass is 390 g/mol. The molecule has 2 N–H and O–H groups in total. The molecule has 9 nitrogen and oxygen atoms in total. The molecule has 10 heteroatoms. The third-order valence-electron chi connectivity index (χ3n) is 3.93. The van der Waals surface area contributed by atoms with Crippen LogP contribution < -0.4 is 4.72 Å². The van der Waals surface area contributed by atoms with Crippen molar-refractivity contribution in [3.8, 4) is 0 Å². The smallest absolute Gasteiger partial charge is 0.289 e. The number of aliphatic hydroxyl groups is 1. The van der Waals surface area contributed by atoms with Crippen molar-refractivity contribution < 1.29 is 27.9 Å². The minimum Gasteiger partial charge on any atom is -0.386 e. The lowest BCUT2D eigenvalue weighted by molar-refractivity contribution is -0.387. The normalized spacial score (nSPS) is 14.3. The summed E-state index contributed by atoms with van der Waals surface area (Å²) >= 11 is 0. The van der Waals surface area contributed by atoms with Gasteiger partial charge in [0.25, 0.3) is 5.69 Å². The predicted octanol–water partition coefficient (Wildman–Crippen LogP) is 1.80. The van der Waals surface area contributed by atoms with Crippen LogP contribution in [0.15, 0.2) is 29.2 Å². The quantitative estimate of drug-likeness (QED) is 0.241. The van der Waals surface area contributed by atoms with Gasteiger partial charge in [0.15, 0.2) is 11.2 Å². The molecule has 0 saturated carbocycles. The highest BCUT2D eigenvalue weighted by atomic mass is 32.2. The maximum atomic E-state index is 12.7. The van der Waals surface area contributed by atoms with E-state index in [0.29, 0.717) is 12.8 Å². The number of nitrogens with one attached hydrogen (secondary N) is 1. The number of hydrogen-bond acceptors (Lipinski definition) is 7. The summed E-state index contributed by atoms with van der Waals surface area (Å²) in [6.07, 6.45) is 0.448. The number of benzene rings is 1. The lowest BCUT2D eigenvalue weighted by Gasteiger charge is -2.28. The first-order chi connectivity index (χ1) is 12.3. The van der Waals surface area contributed by atoms with Crippen molar-refractivity contribution in [2.75, 3.05) is 14.2 Å². The highest BCUT2D eigenvalue weighted by Gasteiger charge is 2.34. The van der Waals surface area contributed by atoms with Crippen molar-refractivity contribution in [2.24, 2.45) is 0 Å². The fourth-order valence-electron chi connectivity index (χ4n) is 2.58. The Morgan fingerprint density at radius 3 is 2.38 bits per heavy atom. The van der Waals surface area contributed by atoms with Crippen molar-refractivity contribution in [3.05, 3.63) is 34.4 Å². The average Bonchev–Trinajstić information content (AvgIpc) is 2.61. The molecule has 0 aliphatic heterocycles. The molecule has 0 aliphatic rings. The number of ether oxygens (including phenoxy) is 2. The van der Waals surface area contributed by atoms with E-state index in [9.17, 15) is 23.6 Å². The fourth-order valence-corrected chi connectivity index (χ4v) is 4.03. The van der Waals surface area contributed by atoms with Crippen LogP contribution in [-0.4, -0.2) is 51.1 Å². The largest absolute Gasteiger partial charge is 0.386 e. The van der Waals surface area contributed by atoms with Gasteiger partial charge in [0, 0.05) is 20.3 Å². The van der Waals surface area contributed by atoms with Gasteiger partial charge in [-0.1, -0.05) is 38.3 Å². The molecule has 0 unspecified atom stereocenters. The Bertz CT molecular complexity index is 677. The summed E-state index contributed by atoms with van der Waals surface area (Å²) in [4.78, 5) is 9.91. The van der Waals surface area contributed by atoms with Crippen LogP contribution in [0.4, 0.5) is 5.69 Å². The topological polar surface area (TPSA) is 128 Å². The highest BCUT2D eigenvalue weighted by Crippen LogP contribution is 2.24. The SMILES string of the molecule is CCCCC[C@@H](NS(=O)(=O)c1ccccc1[N+](=O)[O-])[C@H](O)C(OC)OC. The van der Waals surface area contributed by atoms with Crippen LogP contribution in [0.2, 0.25) is 0 Å². The molecule has 1 aromatic carbocycles. The number of para-hydroxylation sites is 1. The summed E-state index contributed by atoms with van der Waals surface area (Å²) in [5.74, 6) is 0. The van der Waals surface area contributed by atoms with Crippen molar-refractivity contribution >= 4 is 15.7 Å². The Balaban J connectivity index is 3.13. The molecule has 1 rings (SSSR count). The Morgan fingerprint density at radius 1 is 1.23 bits per heavy atom. The van der Waals surface area contributed by atoms with Crippen LogP contribution in [0.25, 0.3) is 0 Å². The van der Waals surface area contributed by atoms with E-state index in [-0.39, 0.29) is 0 Å². The zero-order valence-electron chi connectivity index (χ0n) is 15.1. The van der Waals surface area contributed by atoms with E-state index < -0.39 is 44.0 Å². The van der Waals surface area contributed by atoms with E-state index in [1.54, 1.807) is 0 Å². The van der Waals surface area contributed by atoms with E-state index in [0.717, 1.165) is 25.0 Å². The number of nitro groups is 1. The first-order valence-electron chi connectivity index (χ1n) is 8.27.